The molecule has 0 radical (unpaired) electrons. The van der Waals surface area contributed by atoms with Crippen molar-refractivity contribution in [2.24, 2.45) is 0 Å². The van der Waals surface area contributed by atoms with Crippen molar-refractivity contribution in [3.63, 3.8) is 0 Å². The van der Waals surface area contributed by atoms with E-state index in [1.54, 1.807) is 0 Å². The fourth-order valence-corrected chi connectivity index (χ4v) is 4.45. The molecule has 0 aliphatic rings. The lowest BCUT2D eigenvalue weighted by Gasteiger charge is -2.13. The quantitative estimate of drug-likeness (QED) is 0.464. The normalized spacial score (nSPS) is 13.0. The Labute approximate surface area is 132 Å². The van der Waals surface area contributed by atoms with Gasteiger partial charge in [0.1, 0.15) is 4.90 Å². The van der Waals surface area contributed by atoms with Crippen LogP contribution in [0.3, 0.4) is 0 Å². The average molecular weight is 432 g/mol. The SMILES string of the molecule is COC(=O)C(O)CNS(=O)(=O)c1c(N)cc(Br)cc1Br. The zero-order valence-electron chi connectivity index (χ0n) is 10.3. The molecule has 1 unspecified atom stereocenters. The second-order valence-corrected chi connectivity index (χ2v) is 7.17. The monoisotopic (exact) mass is 430 g/mol. The van der Waals surface area contributed by atoms with Crippen LogP contribution in [0.25, 0.3) is 0 Å². The van der Waals surface area contributed by atoms with Crippen molar-refractivity contribution in [1.82, 2.24) is 4.72 Å². The summed E-state index contributed by atoms with van der Waals surface area (Å²) in [5.74, 6) is -0.935. The summed E-state index contributed by atoms with van der Waals surface area (Å²) in [5, 5.41) is 9.36. The second-order valence-electron chi connectivity index (χ2n) is 3.70. The van der Waals surface area contributed by atoms with E-state index >= 15 is 0 Å². The molecule has 1 rings (SSSR count). The van der Waals surface area contributed by atoms with Crippen LogP contribution in [0.5, 0.6) is 0 Å². The third-order valence-electron chi connectivity index (χ3n) is 2.25. The Kier molecular flexibility index (Phi) is 5.95. The van der Waals surface area contributed by atoms with E-state index in [-0.39, 0.29) is 15.1 Å². The smallest absolute Gasteiger partial charge is 0.336 e. The van der Waals surface area contributed by atoms with E-state index in [0.29, 0.717) is 4.47 Å². The van der Waals surface area contributed by atoms with Gasteiger partial charge in [0.15, 0.2) is 6.10 Å². The van der Waals surface area contributed by atoms with Gasteiger partial charge in [-0.25, -0.2) is 17.9 Å². The third-order valence-corrected chi connectivity index (χ3v) is 5.13. The Morgan fingerprint density at radius 2 is 2.10 bits per heavy atom. The van der Waals surface area contributed by atoms with Gasteiger partial charge in [0.2, 0.25) is 10.0 Å². The van der Waals surface area contributed by atoms with E-state index in [2.05, 4.69) is 41.3 Å². The highest BCUT2D eigenvalue weighted by Crippen LogP contribution is 2.31. The van der Waals surface area contributed by atoms with Crippen LogP contribution in [0.1, 0.15) is 0 Å². The number of carbonyl (C=O) groups excluding carboxylic acids is 1. The van der Waals surface area contributed by atoms with Crippen LogP contribution in [0.2, 0.25) is 0 Å². The van der Waals surface area contributed by atoms with Crippen molar-refractivity contribution in [2.75, 3.05) is 19.4 Å². The van der Waals surface area contributed by atoms with Crippen LogP contribution in [0, 0.1) is 0 Å². The van der Waals surface area contributed by atoms with E-state index in [0.717, 1.165) is 7.11 Å². The second kappa shape index (κ2) is 6.85. The number of nitrogens with one attached hydrogen (secondary N) is 1. The Bertz CT molecular complexity index is 597. The predicted octanol–water partition coefficient (Wildman–Crippen LogP) is 0.606. The maximum absolute atomic E-state index is 12.1. The van der Waals surface area contributed by atoms with E-state index in [9.17, 15) is 18.3 Å². The summed E-state index contributed by atoms with van der Waals surface area (Å²) in [6, 6.07) is 2.94. The van der Waals surface area contributed by atoms with Crippen LogP contribution in [-0.4, -0.2) is 39.3 Å². The molecule has 0 bridgehead atoms. The topological polar surface area (TPSA) is 119 Å². The van der Waals surface area contributed by atoms with Gasteiger partial charge < -0.3 is 15.6 Å². The van der Waals surface area contributed by atoms with Crippen LogP contribution in [0.4, 0.5) is 5.69 Å². The first-order valence-corrected chi connectivity index (χ1v) is 8.26. The molecule has 1 aromatic rings. The lowest BCUT2D eigenvalue weighted by Crippen LogP contribution is -2.37. The highest BCUT2D eigenvalue weighted by molar-refractivity contribution is 9.11. The molecule has 7 nitrogen and oxygen atoms in total. The van der Waals surface area contributed by atoms with Crippen LogP contribution in [0.15, 0.2) is 26.0 Å². The van der Waals surface area contributed by atoms with E-state index < -0.39 is 28.6 Å². The standard InChI is InChI=1S/C10H12Br2N2O5S/c1-19-10(16)8(15)4-14-20(17,18)9-6(12)2-5(11)3-7(9)13/h2-3,8,14-15H,4,13H2,1H3. The van der Waals surface area contributed by atoms with Gasteiger partial charge in [-0.2, -0.15) is 0 Å². The number of nitrogen functional groups attached to an aromatic ring is 1. The minimum Gasteiger partial charge on any atom is -0.467 e. The summed E-state index contributed by atoms with van der Waals surface area (Å²) in [4.78, 5) is 10.8. The summed E-state index contributed by atoms with van der Waals surface area (Å²) in [7, 11) is -2.90. The Morgan fingerprint density at radius 1 is 1.50 bits per heavy atom. The molecule has 0 aromatic heterocycles. The first kappa shape index (κ1) is 17.4. The molecule has 0 saturated carbocycles. The molecule has 0 aliphatic carbocycles. The van der Waals surface area contributed by atoms with Gasteiger partial charge in [0.25, 0.3) is 0 Å². The van der Waals surface area contributed by atoms with Gasteiger partial charge in [-0.3, -0.25) is 0 Å². The molecule has 4 N–H and O–H groups in total. The fourth-order valence-electron chi connectivity index (χ4n) is 1.34. The number of halogens is 2. The molecule has 1 aromatic carbocycles. The lowest BCUT2D eigenvalue weighted by atomic mass is 10.3. The molecular formula is C10H12Br2N2O5S. The number of anilines is 1. The summed E-state index contributed by atoms with van der Waals surface area (Å²) >= 11 is 6.28. The number of ether oxygens (including phenoxy) is 1. The molecule has 1 atom stereocenters. The van der Waals surface area contributed by atoms with Gasteiger partial charge in [-0.15, -0.1) is 0 Å². The number of methoxy groups -OCH3 is 1. The zero-order valence-corrected chi connectivity index (χ0v) is 14.2. The van der Waals surface area contributed by atoms with Crippen molar-refractivity contribution in [3.8, 4) is 0 Å². The summed E-state index contributed by atoms with van der Waals surface area (Å²) in [6.45, 7) is -0.517. The largest absolute Gasteiger partial charge is 0.467 e. The van der Waals surface area contributed by atoms with Crippen molar-refractivity contribution < 1.29 is 23.1 Å². The van der Waals surface area contributed by atoms with Crippen LogP contribution in [-0.2, 0) is 19.6 Å². The van der Waals surface area contributed by atoms with Gasteiger partial charge in [-0.1, -0.05) is 15.9 Å². The number of rotatable bonds is 5. The Hall–Kier alpha value is -0.680. The molecule has 0 amide bonds. The first-order chi connectivity index (χ1) is 9.19. The highest BCUT2D eigenvalue weighted by atomic mass is 79.9. The number of aliphatic hydroxyl groups excluding tert-OH is 1. The van der Waals surface area contributed by atoms with Gasteiger partial charge in [0.05, 0.1) is 12.8 Å². The number of hydrogen-bond donors (Lipinski definition) is 3. The average Bonchev–Trinajstić information content (AvgIpc) is 2.33. The lowest BCUT2D eigenvalue weighted by molar-refractivity contribution is -0.149. The highest BCUT2D eigenvalue weighted by Gasteiger charge is 2.24. The molecule has 112 valence electrons. The number of carbonyl (C=O) groups is 1. The van der Waals surface area contributed by atoms with Crippen molar-refractivity contribution in [2.45, 2.75) is 11.0 Å². The number of esters is 1. The molecular weight excluding hydrogens is 420 g/mol. The summed E-state index contributed by atoms with van der Waals surface area (Å²) in [6.07, 6.45) is -1.59. The molecule has 20 heavy (non-hydrogen) atoms. The Morgan fingerprint density at radius 3 is 2.60 bits per heavy atom. The van der Waals surface area contributed by atoms with Crippen LogP contribution >= 0.6 is 31.9 Å². The first-order valence-electron chi connectivity index (χ1n) is 5.19. The van der Waals surface area contributed by atoms with Crippen molar-refractivity contribution >= 4 is 53.5 Å². The molecule has 0 heterocycles. The fraction of sp³-hybridized carbons (Fsp3) is 0.300. The number of hydrogen-bond acceptors (Lipinski definition) is 6. The van der Waals surface area contributed by atoms with Crippen molar-refractivity contribution in [1.29, 1.82) is 0 Å². The molecule has 0 saturated heterocycles. The number of sulfonamides is 1. The molecule has 0 fully saturated rings. The zero-order chi connectivity index (χ0) is 15.5. The Balaban J connectivity index is 2.98. The van der Waals surface area contributed by atoms with E-state index in [1.165, 1.54) is 12.1 Å². The van der Waals surface area contributed by atoms with Gasteiger partial charge in [0, 0.05) is 15.5 Å². The number of nitrogens with two attached hydrogens (primary N) is 1. The number of benzene rings is 1. The third kappa shape index (κ3) is 4.16. The van der Waals surface area contributed by atoms with Crippen LogP contribution < -0.4 is 10.5 Å². The van der Waals surface area contributed by atoms with E-state index in [1.807, 2.05) is 0 Å². The van der Waals surface area contributed by atoms with Gasteiger partial charge in [-0.05, 0) is 28.1 Å². The predicted molar refractivity (Wildman–Crippen MR) is 79.5 cm³/mol. The molecule has 0 spiro atoms. The minimum absolute atomic E-state index is 0.0197. The van der Waals surface area contributed by atoms with E-state index in [4.69, 9.17) is 5.73 Å². The molecule has 0 aliphatic heterocycles. The van der Waals surface area contributed by atoms with Crippen molar-refractivity contribution in [3.05, 3.63) is 21.1 Å². The molecule has 10 heteroatoms. The summed E-state index contributed by atoms with van der Waals surface area (Å²) < 4.78 is 31.4. The van der Waals surface area contributed by atoms with Gasteiger partial charge >= 0.3 is 5.97 Å². The maximum Gasteiger partial charge on any atom is 0.336 e. The minimum atomic E-state index is -3.99. The number of aliphatic hydroxyl groups is 1. The summed E-state index contributed by atoms with van der Waals surface area (Å²) in [5.41, 5.74) is 5.69. The maximum atomic E-state index is 12.1.